The van der Waals surface area contributed by atoms with E-state index in [9.17, 15) is 4.79 Å². The highest BCUT2D eigenvalue weighted by Gasteiger charge is 2.14. The summed E-state index contributed by atoms with van der Waals surface area (Å²) in [6.07, 6.45) is 5.66. The highest BCUT2D eigenvalue weighted by molar-refractivity contribution is 5.92. The molecule has 2 aromatic rings. The molecule has 0 spiro atoms. The zero-order valence-corrected chi connectivity index (χ0v) is 13.4. The van der Waals surface area contributed by atoms with Gasteiger partial charge < -0.3 is 15.0 Å². The Hall–Kier alpha value is -2.54. The van der Waals surface area contributed by atoms with Crippen molar-refractivity contribution < 1.29 is 9.53 Å². The first-order chi connectivity index (χ1) is 11.2. The predicted octanol–water partition coefficient (Wildman–Crippen LogP) is 1.24. The van der Waals surface area contributed by atoms with Crippen molar-refractivity contribution in [2.24, 2.45) is 0 Å². The van der Waals surface area contributed by atoms with Crippen LogP contribution in [0.25, 0.3) is 0 Å². The number of likely N-dealkylation sites (N-methyl/N-ethyl adjacent to an activating group) is 1. The first-order valence-electron chi connectivity index (χ1n) is 7.40. The lowest BCUT2D eigenvalue weighted by molar-refractivity contribution is 0.0790. The number of nitrogens with zero attached hydrogens (tertiary/aromatic N) is 4. The Morgan fingerprint density at radius 3 is 2.83 bits per heavy atom. The predicted molar refractivity (Wildman–Crippen MR) is 87.3 cm³/mol. The zero-order valence-electron chi connectivity index (χ0n) is 13.4. The Labute approximate surface area is 135 Å². The number of nitrogens with one attached hydrogen (secondary N) is 1. The van der Waals surface area contributed by atoms with Gasteiger partial charge in [-0.1, -0.05) is 0 Å². The van der Waals surface area contributed by atoms with Crippen LogP contribution in [-0.4, -0.2) is 59.6 Å². The maximum absolute atomic E-state index is 12.4. The summed E-state index contributed by atoms with van der Waals surface area (Å²) >= 11 is 0. The molecule has 0 unspecified atom stereocenters. The van der Waals surface area contributed by atoms with E-state index in [1.165, 1.54) is 6.33 Å². The van der Waals surface area contributed by atoms with Crippen molar-refractivity contribution in [2.75, 3.05) is 39.2 Å². The molecule has 1 amide bonds. The molecule has 0 aliphatic carbocycles. The highest BCUT2D eigenvalue weighted by atomic mass is 16.5. The fraction of sp³-hybridized carbons (Fsp3) is 0.375. The largest absolute Gasteiger partial charge is 0.383 e. The van der Waals surface area contributed by atoms with Crippen LogP contribution in [0.4, 0.5) is 5.82 Å². The van der Waals surface area contributed by atoms with Crippen LogP contribution in [0.1, 0.15) is 16.1 Å². The molecule has 0 bridgehead atoms. The van der Waals surface area contributed by atoms with Crippen LogP contribution >= 0.6 is 0 Å². The van der Waals surface area contributed by atoms with Gasteiger partial charge in [-0.15, -0.1) is 0 Å². The molecule has 0 aliphatic rings. The second-order valence-electron chi connectivity index (χ2n) is 5.04. The van der Waals surface area contributed by atoms with E-state index in [0.717, 1.165) is 12.0 Å². The quantitative estimate of drug-likeness (QED) is 0.738. The van der Waals surface area contributed by atoms with Crippen LogP contribution in [0.3, 0.4) is 0 Å². The Balaban J connectivity index is 1.92. The Kier molecular flexibility index (Phi) is 6.43. The van der Waals surface area contributed by atoms with Gasteiger partial charge in [-0.25, -0.2) is 9.97 Å². The minimum atomic E-state index is -0.128. The van der Waals surface area contributed by atoms with Gasteiger partial charge in [0.1, 0.15) is 17.8 Å². The SMILES string of the molecule is COCCNc1cc(C(=O)N(C)CCc2ccncc2)ncn1. The monoisotopic (exact) mass is 315 g/mol. The topological polar surface area (TPSA) is 80.2 Å². The third kappa shape index (κ3) is 5.30. The molecule has 0 saturated carbocycles. The Bertz CT molecular complexity index is 621. The lowest BCUT2D eigenvalue weighted by Gasteiger charge is -2.17. The van der Waals surface area contributed by atoms with Gasteiger partial charge in [-0.05, 0) is 24.1 Å². The van der Waals surface area contributed by atoms with Crippen LogP contribution in [0, 0.1) is 0 Å². The summed E-state index contributed by atoms with van der Waals surface area (Å²) in [5.41, 5.74) is 1.52. The highest BCUT2D eigenvalue weighted by Crippen LogP contribution is 2.07. The zero-order chi connectivity index (χ0) is 16.5. The number of carbonyl (C=O) groups excluding carboxylic acids is 1. The van der Waals surface area contributed by atoms with E-state index in [4.69, 9.17) is 4.74 Å². The molecule has 1 N–H and O–H groups in total. The summed E-state index contributed by atoms with van der Waals surface area (Å²) in [7, 11) is 3.40. The van der Waals surface area contributed by atoms with Crippen molar-refractivity contribution in [1.29, 1.82) is 0 Å². The van der Waals surface area contributed by atoms with Gasteiger partial charge in [0.25, 0.3) is 5.91 Å². The number of carbonyl (C=O) groups is 1. The molecule has 0 aromatic carbocycles. The van der Waals surface area contributed by atoms with E-state index in [0.29, 0.717) is 31.2 Å². The summed E-state index contributed by atoms with van der Waals surface area (Å²) in [4.78, 5) is 26.2. The summed E-state index contributed by atoms with van der Waals surface area (Å²) < 4.78 is 4.97. The molecule has 7 heteroatoms. The fourth-order valence-electron chi connectivity index (χ4n) is 2.00. The van der Waals surface area contributed by atoms with Crippen molar-refractivity contribution >= 4 is 11.7 Å². The number of ether oxygens (including phenoxy) is 1. The van der Waals surface area contributed by atoms with Crippen molar-refractivity contribution in [3.05, 3.63) is 48.2 Å². The van der Waals surface area contributed by atoms with Crippen molar-refractivity contribution in [1.82, 2.24) is 19.9 Å². The average Bonchev–Trinajstić information content (AvgIpc) is 2.60. The summed E-state index contributed by atoms with van der Waals surface area (Å²) in [5, 5.41) is 3.08. The van der Waals surface area contributed by atoms with E-state index in [1.54, 1.807) is 37.5 Å². The van der Waals surface area contributed by atoms with Gasteiger partial charge in [0.15, 0.2) is 0 Å². The molecule has 0 aliphatic heterocycles. The lowest BCUT2D eigenvalue weighted by Crippen LogP contribution is -2.29. The number of anilines is 1. The molecule has 23 heavy (non-hydrogen) atoms. The third-order valence-electron chi connectivity index (χ3n) is 3.33. The van der Waals surface area contributed by atoms with Crippen molar-refractivity contribution in [2.45, 2.75) is 6.42 Å². The second-order valence-corrected chi connectivity index (χ2v) is 5.04. The van der Waals surface area contributed by atoms with Gasteiger partial charge in [-0.2, -0.15) is 0 Å². The standard InChI is InChI=1S/C16H21N5O2/c1-21(9-5-13-3-6-17-7-4-13)16(22)14-11-15(20-12-19-14)18-8-10-23-2/h3-4,6-7,11-12H,5,8-10H2,1-2H3,(H,18,19,20). The minimum Gasteiger partial charge on any atom is -0.383 e. The fourth-order valence-corrected chi connectivity index (χ4v) is 2.00. The normalized spacial score (nSPS) is 10.3. The molecule has 0 atom stereocenters. The van der Waals surface area contributed by atoms with Crippen LogP contribution in [-0.2, 0) is 11.2 Å². The Morgan fingerprint density at radius 1 is 1.30 bits per heavy atom. The number of aromatic nitrogens is 3. The molecule has 7 nitrogen and oxygen atoms in total. The number of pyridine rings is 1. The third-order valence-corrected chi connectivity index (χ3v) is 3.33. The number of hydrogen-bond acceptors (Lipinski definition) is 6. The smallest absolute Gasteiger partial charge is 0.272 e. The first-order valence-corrected chi connectivity index (χ1v) is 7.40. The summed E-state index contributed by atoms with van der Waals surface area (Å²) in [5.74, 6) is 0.485. The van der Waals surface area contributed by atoms with E-state index in [-0.39, 0.29) is 5.91 Å². The maximum Gasteiger partial charge on any atom is 0.272 e. The average molecular weight is 315 g/mol. The number of rotatable bonds is 8. The lowest BCUT2D eigenvalue weighted by atomic mass is 10.2. The molecule has 2 heterocycles. The molecule has 0 radical (unpaired) electrons. The van der Waals surface area contributed by atoms with Crippen molar-refractivity contribution in [3.63, 3.8) is 0 Å². The van der Waals surface area contributed by atoms with E-state index in [2.05, 4.69) is 20.3 Å². The van der Waals surface area contributed by atoms with Crippen LogP contribution < -0.4 is 5.32 Å². The van der Waals surface area contributed by atoms with Gasteiger partial charge in [-0.3, -0.25) is 9.78 Å². The molecule has 0 fully saturated rings. The summed E-state index contributed by atoms with van der Waals surface area (Å²) in [6.45, 7) is 1.80. The first kappa shape index (κ1) is 16.8. The van der Waals surface area contributed by atoms with Gasteiger partial charge in [0.05, 0.1) is 6.61 Å². The molecular weight excluding hydrogens is 294 g/mol. The maximum atomic E-state index is 12.4. The van der Waals surface area contributed by atoms with Gasteiger partial charge in [0, 0.05) is 45.7 Å². The number of amides is 1. The number of hydrogen-bond donors (Lipinski definition) is 1. The molecule has 2 rings (SSSR count). The van der Waals surface area contributed by atoms with E-state index in [1.807, 2.05) is 12.1 Å². The number of methoxy groups -OCH3 is 1. The minimum absolute atomic E-state index is 0.128. The van der Waals surface area contributed by atoms with Crippen LogP contribution in [0.2, 0.25) is 0 Å². The van der Waals surface area contributed by atoms with Crippen molar-refractivity contribution in [3.8, 4) is 0 Å². The Morgan fingerprint density at radius 2 is 2.09 bits per heavy atom. The summed E-state index contributed by atoms with van der Waals surface area (Å²) in [6, 6.07) is 5.54. The van der Waals surface area contributed by atoms with E-state index >= 15 is 0 Å². The molecular formula is C16H21N5O2. The van der Waals surface area contributed by atoms with Crippen LogP contribution in [0.5, 0.6) is 0 Å². The second kappa shape index (κ2) is 8.79. The van der Waals surface area contributed by atoms with E-state index < -0.39 is 0 Å². The van der Waals surface area contributed by atoms with Crippen LogP contribution in [0.15, 0.2) is 36.9 Å². The van der Waals surface area contributed by atoms with Gasteiger partial charge >= 0.3 is 0 Å². The van der Waals surface area contributed by atoms with Gasteiger partial charge in [0.2, 0.25) is 0 Å². The molecule has 2 aromatic heterocycles. The molecule has 0 saturated heterocycles. The molecule has 122 valence electrons.